The molecule has 0 fully saturated rings. The summed E-state index contributed by atoms with van der Waals surface area (Å²) < 4.78 is 0. The van der Waals surface area contributed by atoms with Crippen LogP contribution in [0.5, 0.6) is 0 Å². The molecule has 0 radical (unpaired) electrons. The first-order valence-electron chi connectivity index (χ1n) is 6.66. The van der Waals surface area contributed by atoms with E-state index in [1.54, 1.807) is 0 Å². The number of benzene rings is 1. The van der Waals surface area contributed by atoms with Gasteiger partial charge in [-0.2, -0.15) is 0 Å². The molecule has 2 atom stereocenters. The van der Waals surface area contributed by atoms with E-state index in [1.807, 2.05) is 29.2 Å². The fraction of sp³-hybridized carbons (Fsp3) is 0.533. The van der Waals surface area contributed by atoms with Crippen molar-refractivity contribution in [2.45, 2.75) is 45.7 Å². The second-order valence-electron chi connectivity index (χ2n) is 5.00. The summed E-state index contributed by atoms with van der Waals surface area (Å²) in [6.45, 7) is 6.31. The molecule has 0 spiro atoms. The number of carboxylic acid groups (broad SMARTS) is 1. The molecular weight excluding hydrogens is 262 g/mol. The van der Waals surface area contributed by atoms with Crippen LogP contribution in [-0.4, -0.2) is 34.6 Å². The molecule has 0 heterocycles. The lowest BCUT2D eigenvalue weighted by Gasteiger charge is -2.32. The van der Waals surface area contributed by atoms with Gasteiger partial charge in [0.15, 0.2) is 0 Å². The van der Waals surface area contributed by atoms with Crippen molar-refractivity contribution < 1.29 is 9.90 Å². The molecule has 0 aliphatic heterocycles. The third kappa shape index (κ3) is 5.21. The highest BCUT2D eigenvalue weighted by Crippen LogP contribution is 2.16. The van der Waals surface area contributed by atoms with Gasteiger partial charge < -0.3 is 5.11 Å². The fourth-order valence-electron chi connectivity index (χ4n) is 2.22. The zero-order valence-corrected chi connectivity index (χ0v) is 12.5. The largest absolute Gasteiger partial charge is 0.480 e. The first-order chi connectivity index (χ1) is 8.93. The standard InChI is InChI=1S/C15H22ClNO2/c1-4-11(2)17(10-15(18)19)12(3)9-13-5-7-14(16)8-6-13/h5-8,11-12H,4,9-10H2,1-3H3,(H,18,19). The van der Waals surface area contributed by atoms with E-state index in [1.165, 1.54) is 5.56 Å². The molecule has 0 aliphatic carbocycles. The van der Waals surface area contributed by atoms with E-state index in [0.29, 0.717) is 0 Å². The van der Waals surface area contributed by atoms with Crippen molar-refractivity contribution in [2.24, 2.45) is 0 Å². The van der Waals surface area contributed by atoms with E-state index >= 15 is 0 Å². The minimum Gasteiger partial charge on any atom is -0.480 e. The number of aliphatic carboxylic acids is 1. The molecule has 2 unspecified atom stereocenters. The lowest BCUT2D eigenvalue weighted by molar-refractivity contribution is -0.139. The van der Waals surface area contributed by atoms with E-state index in [4.69, 9.17) is 16.7 Å². The number of hydrogen-bond acceptors (Lipinski definition) is 2. The number of hydrogen-bond donors (Lipinski definition) is 1. The van der Waals surface area contributed by atoms with Crippen LogP contribution in [0.1, 0.15) is 32.8 Å². The molecule has 0 amide bonds. The second-order valence-corrected chi connectivity index (χ2v) is 5.44. The average molecular weight is 284 g/mol. The van der Waals surface area contributed by atoms with Crippen LogP contribution in [-0.2, 0) is 11.2 Å². The molecule has 3 nitrogen and oxygen atoms in total. The Morgan fingerprint density at radius 2 is 1.84 bits per heavy atom. The van der Waals surface area contributed by atoms with E-state index < -0.39 is 5.97 Å². The Labute approximate surface area is 120 Å². The van der Waals surface area contributed by atoms with Crippen LogP contribution < -0.4 is 0 Å². The highest BCUT2D eigenvalue weighted by Gasteiger charge is 2.21. The maximum Gasteiger partial charge on any atom is 0.317 e. The Bertz CT molecular complexity index is 405. The van der Waals surface area contributed by atoms with Crippen molar-refractivity contribution >= 4 is 17.6 Å². The average Bonchev–Trinajstić information content (AvgIpc) is 2.37. The Hall–Kier alpha value is -1.06. The Morgan fingerprint density at radius 3 is 2.32 bits per heavy atom. The highest BCUT2D eigenvalue weighted by atomic mass is 35.5. The van der Waals surface area contributed by atoms with Gasteiger partial charge in [0.25, 0.3) is 0 Å². The van der Waals surface area contributed by atoms with Crippen molar-refractivity contribution in [3.63, 3.8) is 0 Å². The van der Waals surface area contributed by atoms with Crippen LogP contribution in [0.2, 0.25) is 5.02 Å². The maximum atomic E-state index is 11.0. The summed E-state index contributed by atoms with van der Waals surface area (Å²) in [5.74, 6) is -0.775. The normalized spacial score (nSPS) is 14.4. The Balaban J connectivity index is 2.72. The fourth-order valence-corrected chi connectivity index (χ4v) is 2.34. The van der Waals surface area contributed by atoms with Crippen molar-refractivity contribution in [3.05, 3.63) is 34.9 Å². The first kappa shape index (κ1) is 16.0. The molecule has 0 saturated heterocycles. The predicted molar refractivity (Wildman–Crippen MR) is 78.7 cm³/mol. The molecule has 0 bridgehead atoms. The Kier molecular flexibility index (Phi) is 6.32. The summed E-state index contributed by atoms with van der Waals surface area (Å²) in [5.41, 5.74) is 1.18. The van der Waals surface area contributed by atoms with E-state index in [-0.39, 0.29) is 18.6 Å². The summed E-state index contributed by atoms with van der Waals surface area (Å²) in [5, 5.41) is 9.74. The van der Waals surface area contributed by atoms with Crippen molar-refractivity contribution in [3.8, 4) is 0 Å². The molecule has 1 N–H and O–H groups in total. The highest BCUT2D eigenvalue weighted by molar-refractivity contribution is 6.30. The zero-order valence-electron chi connectivity index (χ0n) is 11.8. The van der Waals surface area contributed by atoms with Gasteiger partial charge in [-0.25, -0.2) is 0 Å². The molecular formula is C15H22ClNO2. The van der Waals surface area contributed by atoms with Gasteiger partial charge >= 0.3 is 5.97 Å². The lowest BCUT2D eigenvalue weighted by Crippen LogP contribution is -2.44. The maximum absolute atomic E-state index is 11.0. The SMILES string of the molecule is CCC(C)N(CC(=O)O)C(C)Cc1ccc(Cl)cc1. The lowest BCUT2D eigenvalue weighted by atomic mass is 10.0. The predicted octanol–water partition coefficient (Wildman–Crippen LogP) is 3.46. The summed E-state index contributed by atoms with van der Waals surface area (Å²) in [6.07, 6.45) is 1.77. The quantitative estimate of drug-likeness (QED) is 0.833. The number of rotatable bonds is 7. The van der Waals surface area contributed by atoms with Gasteiger partial charge in [0.05, 0.1) is 6.54 Å². The zero-order chi connectivity index (χ0) is 14.4. The van der Waals surface area contributed by atoms with Gasteiger partial charge in [0.2, 0.25) is 0 Å². The summed E-state index contributed by atoms with van der Waals surface area (Å²) in [7, 11) is 0. The monoisotopic (exact) mass is 283 g/mol. The Morgan fingerprint density at radius 1 is 1.26 bits per heavy atom. The molecule has 1 aromatic carbocycles. The van der Waals surface area contributed by atoms with Gasteiger partial charge in [0, 0.05) is 17.1 Å². The van der Waals surface area contributed by atoms with Crippen LogP contribution in [0.15, 0.2) is 24.3 Å². The second kappa shape index (κ2) is 7.51. The van der Waals surface area contributed by atoms with Crippen LogP contribution in [0.25, 0.3) is 0 Å². The van der Waals surface area contributed by atoms with Crippen molar-refractivity contribution in [2.75, 3.05) is 6.54 Å². The molecule has 0 aliphatic rings. The van der Waals surface area contributed by atoms with E-state index in [2.05, 4.69) is 20.8 Å². The minimum atomic E-state index is -0.775. The van der Waals surface area contributed by atoms with E-state index in [0.717, 1.165) is 17.9 Å². The van der Waals surface area contributed by atoms with E-state index in [9.17, 15) is 4.79 Å². The summed E-state index contributed by atoms with van der Waals surface area (Å²) in [6, 6.07) is 8.18. The van der Waals surface area contributed by atoms with Gasteiger partial charge in [-0.15, -0.1) is 0 Å². The number of carbonyl (C=O) groups is 1. The number of carboxylic acids is 1. The van der Waals surface area contributed by atoms with Crippen LogP contribution >= 0.6 is 11.6 Å². The molecule has 106 valence electrons. The molecule has 0 saturated carbocycles. The van der Waals surface area contributed by atoms with Crippen LogP contribution in [0, 0.1) is 0 Å². The summed E-state index contributed by atoms with van der Waals surface area (Å²) in [4.78, 5) is 13.0. The minimum absolute atomic E-state index is 0.0871. The van der Waals surface area contributed by atoms with Gasteiger partial charge in [-0.05, 0) is 44.4 Å². The first-order valence-corrected chi connectivity index (χ1v) is 7.03. The number of nitrogens with zero attached hydrogens (tertiary/aromatic N) is 1. The van der Waals surface area contributed by atoms with Crippen LogP contribution in [0.3, 0.4) is 0 Å². The molecule has 1 aromatic rings. The van der Waals surface area contributed by atoms with Gasteiger partial charge in [-0.3, -0.25) is 9.69 Å². The third-order valence-electron chi connectivity index (χ3n) is 3.49. The third-order valence-corrected chi connectivity index (χ3v) is 3.74. The molecule has 4 heteroatoms. The molecule has 1 rings (SSSR count). The smallest absolute Gasteiger partial charge is 0.317 e. The molecule has 0 aromatic heterocycles. The summed E-state index contributed by atoms with van der Waals surface area (Å²) >= 11 is 5.86. The van der Waals surface area contributed by atoms with Gasteiger partial charge in [0.1, 0.15) is 0 Å². The topological polar surface area (TPSA) is 40.5 Å². The van der Waals surface area contributed by atoms with Gasteiger partial charge in [-0.1, -0.05) is 30.7 Å². The van der Waals surface area contributed by atoms with Crippen LogP contribution in [0.4, 0.5) is 0 Å². The molecule has 19 heavy (non-hydrogen) atoms. The van der Waals surface area contributed by atoms with Crippen molar-refractivity contribution in [1.29, 1.82) is 0 Å². The number of halogens is 1. The van der Waals surface area contributed by atoms with Crippen molar-refractivity contribution in [1.82, 2.24) is 4.90 Å².